The molecule has 0 radical (unpaired) electrons. The highest BCUT2D eigenvalue weighted by Gasteiger charge is 2.06. The third kappa shape index (κ3) is 3.87. The molecule has 1 aromatic heterocycles. The number of aromatic nitrogens is 1. The molecule has 2 aromatic rings. The zero-order valence-corrected chi connectivity index (χ0v) is 13.6. The summed E-state index contributed by atoms with van der Waals surface area (Å²) in [5.41, 5.74) is 3.56. The van der Waals surface area contributed by atoms with Gasteiger partial charge in [-0.1, -0.05) is 28.9 Å². The van der Waals surface area contributed by atoms with Crippen LogP contribution in [0.2, 0.25) is 0 Å². The molecule has 0 unspecified atom stereocenters. The number of hydrogen-bond acceptors (Lipinski definition) is 2. The van der Waals surface area contributed by atoms with Gasteiger partial charge in [0.2, 0.25) is 0 Å². The van der Waals surface area contributed by atoms with Crippen LogP contribution in [0, 0.1) is 0 Å². The lowest BCUT2D eigenvalue weighted by atomic mass is 10.2. The summed E-state index contributed by atoms with van der Waals surface area (Å²) < 4.78 is 8.57. The molecule has 0 saturated heterocycles. The number of rotatable bonds is 7. The second kappa shape index (κ2) is 7.50. The zero-order chi connectivity index (χ0) is 14.4. The lowest BCUT2D eigenvalue weighted by Gasteiger charge is -2.12. The minimum absolute atomic E-state index is 0.598. The van der Waals surface area contributed by atoms with E-state index in [0.29, 0.717) is 6.61 Å². The van der Waals surface area contributed by atoms with Crippen molar-refractivity contribution < 1.29 is 4.74 Å². The van der Waals surface area contributed by atoms with E-state index >= 15 is 0 Å². The van der Waals surface area contributed by atoms with Gasteiger partial charge < -0.3 is 14.6 Å². The van der Waals surface area contributed by atoms with Crippen molar-refractivity contribution in [2.45, 2.75) is 33.0 Å². The Morgan fingerprint density at radius 1 is 1.30 bits per heavy atom. The molecular weight excluding hydrogens is 316 g/mol. The van der Waals surface area contributed by atoms with E-state index in [-0.39, 0.29) is 0 Å². The largest absolute Gasteiger partial charge is 0.381 e. The predicted molar refractivity (Wildman–Crippen MR) is 86.9 cm³/mol. The summed E-state index contributed by atoms with van der Waals surface area (Å²) in [7, 11) is 1.72. The van der Waals surface area contributed by atoms with Crippen molar-refractivity contribution >= 4 is 21.6 Å². The first-order valence-electron chi connectivity index (χ1n) is 6.89. The van der Waals surface area contributed by atoms with Gasteiger partial charge in [0, 0.05) is 48.3 Å². The number of nitrogens with zero attached hydrogens (tertiary/aromatic N) is 1. The van der Waals surface area contributed by atoms with Crippen molar-refractivity contribution in [3.63, 3.8) is 0 Å². The fourth-order valence-corrected chi connectivity index (χ4v) is 2.69. The Morgan fingerprint density at radius 2 is 2.15 bits per heavy atom. The molecule has 0 aliphatic carbocycles. The lowest BCUT2D eigenvalue weighted by molar-refractivity contribution is 0.185. The highest BCUT2D eigenvalue weighted by Crippen LogP contribution is 2.26. The van der Waals surface area contributed by atoms with Crippen molar-refractivity contribution in [3.8, 4) is 0 Å². The number of anilines is 1. The molecule has 1 N–H and O–H groups in total. The molecular formula is C16H21BrN2O. The minimum Gasteiger partial charge on any atom is -0.381 e. The van der Waals surface area contributed by atoms with Gasteiger partial charge >= 0.3 is 0 Å². The summed E-state index contributed by atoms with van der Waals surface area (Å²) in [6.07, 6.45) is 5.49. The van der Waals surface area contributed by atoms with Crippen LogP contribution in [-0.4, -0.2) is 11.7 Å². The van der Waals surface area contributed by atoms with Crippen LogP contribution in [0.5, 0.6) is 0 Å². The van der Waals surface area contributed by atoms with Crippen LogP contribution in [0.4, 0.5) is 5.69 Å². The van der Waals surface area contributed by atoms with E-state index in [1.807, 2.05) is 12.1 Å². The molecule has 1 heterocycles. The van der Waals surface area contributed by atoms with Crippen molar-refractivity contribution in [1.29, 1.82) is 0 Å². The number of methoxy groups -OCH3 is 1. The summed E-state index contributed by atoms with van der Waals surface area (Å²) in [6, 6.07) is 8.32. The fraction of sp³-hybridized carbons (Fsp3) is 0.375. The van der Waals surface area contributed by atoms with E-state index < -0.39 is 0 Å². The summed E-state index contributed by atoms with van der Waals surface area (Å²) in [5.74, 6) is 0. The van der Waals surface area contributed by atoms with Crippen LogP contribution >= 0.6 is 15.9 Å². The fourth-order valence-electron chi connectivity index (χ4n) is 2.20. The maximum Gasteiger partial charge on any atom is 0.0744 e. The van der Waals surface area contributed by atoms with Crippen LogP contribution in [0.1, 0.15) is 24.5 Å². The smallest absolute Gasteiger partial charge is 0.0744 e. The maximum absolute atomic E-state index is 5.26. The van der Waals surface area contributed by atoms with E-state index in [0.717, 1.165) is 35.2 Å². The molecule has 0 bridgehead atoms. The van der Waals surface area contributed by atoms with Gasteiger partial charge in [-0.3, -0.25) is 0 Å². The van der Waals surface area contributed by atoms with E-state index in [1.165, 1.54) is 5.56 Å². The zero-order valence-electron chi connectivity index (χ0n) is 12.0. The van der Waals surface area contributed by atoms with Crippen LogP contribution in [-0.2, 0) is 24.4 Å². The van der Waals surface area contributed by atoms with Gasteiger partial charge in [-0.2, -0.15) is 0 Å². The molecule has 3 nitrogen and oxygen atoms in total. The Bertz CT molecular complexity index is 551. The van der Waals surface area contributed by atoms with E-state index in [2.05, 4.69) is 57.3 Å². The van der Waals surface area contributed by atoms with E-state index in [1.54, 1.807) is 7.11 Å². The van der Waals surface area contributed by atoms with Crippen LogP contribution in [0.3, 0.4) is 0 Å². The van der Waals surface area contributed by atoms with E-state index in [4.69, 9.17) is 4.74 Å². The number of benzene rings is 1. The first-order valence-corrected chi connectivity index (χ1v) is 7.68. The number of ether oxygens (including phenoxy) is 1. The normalized spacial score (nSPS) is 10.8. The SMILES string of the molecule is CCCn1ccc(CNc2cccc(Br)c2COC)c1. The molecule has 108 valence electrons. The summed E-state index contributed by atoms with van der Waals surface area (Å²) >= 11 is 3.57. The molecule has 0 fully saturated rings. The lowest BCUT2D eigenvalue weighted by Crippen LogP contribution is -2.03. The third-order valence-corrected chi connectivity index (χ3v) is 3.93. The summed E-state index contributed by atoms with van der Waals surface area (Å²) in [4.78, 5) is 0. The van der Waals surface area contributed by atoms with Crippen molar-refractivity contribution in [2.24, 2.45) is 0 Å². The number of nitrogens with one attached hydrogen (secondary N) is 1. The molecule has 0 atom stereocenters. The van der Waals surface area contributed by atoms with Crippen LogP contribution in [0.25, 0.3) is 0 Å². The molecule has 0 aliphatic heterocycles. The standard InChI is InChI=1S/C16H21BrN2O/c1-3-8-19-9-7-13(11-19)10-18-16-6-4-5-15(17)14(16)12-20-2/h4-7,9,11,18H,3,8,10,12H2,1-2H3. The average Bonchev–Trinajstić information content (AvgIpc) is 2.88. The topological polar surface area (TPSA) is 26.2 Å². The monoisotopic (exact) mass is 336 g/mol. The van der Waals surface area contributed by atoms with Gasteiger partial charge in [0.15, 0.2) is 0 Å². The van der Waals surface area contributed by atoms with Crippen molar-refractivity contribution in [1.82, 2.24) is 4.57 Å². The second-order valence-corrected chi connectivity index (χ2v) is 5.66. The molecule has 2 rings (SSSR count). The highest BCUT2D eigenvalue weighted by atomic mass is 79.9. The molecule has 0 aliphatic rings. The van der Waals surface area contributed by atoms with Crippen molar-refractivity contribution in [3.05, 3.63) is 52.3 Å². The van der Waals surface area contributed by atoms with Gasteiger partial charge in [-0.25, -0.2) is 0 Å². The molecule has 0 saturated carbocycles. The van der Waals surface area contributed by atoms with Gasteiger partial charge in [0.05, 0.1) is 6.61 Å². The Balaban J connectivity index is 2.04. The second-order valence-electron chi connectivity index (χ2n) is 4.81. The number of halogens is 1. The van der Waals surface area contributed by atoms with Crippen molar-refractivity contribution in [2.75, 3.05) is 12.4 Å². The number of hydrogen-bond donors (Lipinski definition) is 1. The quantitative estimate of drug-likeness (QED) is 0.809. The Labute approximate surface area is 129 Å². The van der Waals surface area contributed by atoms with Gasteiger partial charge in [-0.05, 0) is 30.2 Å². The molecule has 1 aromatic carbocycles. The Kier molecular flexibility index (Phi) is 5.68. The van der Waals surface area contributed by atoms with Crippen LogP contribution in [0.15, 0.2) is 41.1 Å². The van der Waals surface area contributed by atoms with Gasteiger partial charge in [0.25, 0.3) is 0 Å². The highest BCUT2D eigenvalue weighted by molar-refractivity contribution is 9.10. The van der Waals surface area contributed by atoms with E-state index in [9.17, 15) is 0 Å². The summed E-state index contributed by atoms with van der Waals surface area (Å²) in [5, 5.41) is 3.49. The third-order valence-electron chi connectivity index (χ3n) is 3.18. The maximum atomic E-state index is 5.26. The first kappa shape index (κ1) is 15.1. The molecule has 4 heteroatoms. The first-order chi connectivity index (χ1) is 9.74. The Hall–Kier alpha value is -1.26. The van der Waals surface area contributed by atoms with Gasteiger partial charge in [-0.15, -0.1) is 0 Å². The molecule has 0 amide bonds. The predicted octanol–water partition coefficient (Wildman–Crippen LogP) is 4.42. The number of aryl methyl sites for hydroxylation is 1. The minimum atomic E-state index is 0.598. The molecule has 20 heavy (non-hydrogen) atoms. The summed E-state index contributed by atoms with van der Waals surface area (Å²) in [6.45, 7) is 4.69. The van der Waals surface area contributed by atoms with Gasteiger partial charge in [0.1, 0.15) is 0 Å². The average molecular weight is 337 g/mol. The Morgan fingerprint density at radius 3 is 2.90 bits per heavy atom. The molecule has 0 spiro atoms. The van der Waals surface area contributed by atoms with Crippen LogP contribution < -0.4 is 5.32 Å².